The third kappa shape index (κ3) is 3.09. The molecular weight excluding hydrogens is 455 g/mol. The lowest BCUT2D eigenvalue weighted by atomic mass is 10.0. The van der Waals surface area contributed by atoms with Crippen molar-refractivity contribution in [1.29, 1.82) is 0 Å². The van der Waals surface area contributed by atoms with E-state index in [1.54, 1.807) is 42.5 Å². The number of carbonyl (C=O) groups is 2. The van der Waals surface area contributed by atoms with E-state index in [0.717, 1.165) is 21.6 Å². The van der Waals surface area contributed by atoms with Gasteiger partial charge in [-0.25, -0.2) is 12.8 Å². The van der Waals surface area contributed by atoms with Gasteiger partial charge in [-0.3, -0.25) is 14.5 Å². The second kappa shape index (κ2) is 7.50. The molecule has 2 heterocycles. The topological polar surface area (TPSA) is 74.8 Å². The zero-order valence-electron chi connectivity index (χ0n) is 19.0. The highest BCUT2D eigenvalue weighted by atomic mass is 32.2. The summed E-state index contributed by atoms with van der Waals surface area (Å²) in [5.41, 5.74) is 4.16. The van der Waals surface area contributed by atoms with Gasteiger partial charge in [0.1, 0.15) is 11.6 Å². The van der Waals surface area contributed by atoms with Crippen LogP contribution in [0.2, 0.25) is 0 Å². The van der Waals surface area contributed by atoms with E-state index in [2.05, 4.69) is 0 Å². The van der Waals surface area contributed by atoms with E-state index in [4.69, 9.17) is 0 Å². The summed E-state index contributed by atoms with van der Waals surface area (Å²) in [7, 11) is -4.24. The average Bonchev–Trinajstić information content (AvgIpc) is 3.11. The van der Waals surface area contributed by atoms with Crippen molar-refractivity contribution in [2.45, 2.75) is 32.2 Å². The van der Waals surface area contributed by atoms with Gasteiger partial charge in [0.2, 0.25) is 5.91 Å². The standard InChI is InChI=1S/C26H23FN2O4S/c1-16-4-9-23-22(13-16)26(25(31)28(23)14-19-5-7-20(27)8-6-19)29(24(30)15-34(26,32)33)21-11-17(2)10-18(3)12-21/h4-13H,14-15H2,1-3H3/t26-/m1/s1. The van der Waals surface area contributed by atoms with E-state index in [1.807, 2.05) is 26.8 Å². The lowest BCUT2D eigenvalue weighted by Crippen LogP contribution is -2.54. The third-order valence-corrected chi connectivity index (χ3v) is 8.49. The molecule has 1 atom stereocenters. The number of carbonyl (C=O) groups excluding carboxylic acids is 2. The quantitative estimate of drug-likeness (QED) is 0.572. The molecule has 6 nitrogen and oxygen atoms in total. The molecule has 1 spiro atoms. The van der Waals surface area contributed by atoms with Crippen molar-refractivity contribution in [3.8, 4) is 0 Å². The number of hydrogen-bond donors (Lipinski definition) is 0. The summed E-state index contributed by atoms with van der Waals surface area (Å²) >= 11 is 0. The number of aryl methyl sites for hydroxylation is 3. The number of fused-ring (bicyclic) bond motifs is 2. The molecule has 2 aliphatic rings. The molecule has 5 rings (SSSR count). The van der Waals surface area contributed by atoms with Crippen molar-refractivity contribution in [3.05, 3.63) is 94.3 Å². The highest BCUT2D eigenvalue weighted by Crippen LogP contribution is 2.53. The smallest absolute Gasteiger partial charge is 0.274 e. The van der Waals surface area contributed by atoms with Crippen LogP contribution in [0.3, 0.4) is 0 Å². The maximum absolute atomic E-state index is 14.2. The fourth-order valence-corrected chi connectivity index (χ4v) is 7.09. The monoisotopic (exact) mass is 478 g/mol. The molecule has 3 aromatic rings. The first-order valence-corrected chi connectivity index (χ1v) is 12.5. The number of anilines is 2. The van der Waals surface area contributed by atoms with Crippen LogP contribution in [-0.2, 0) is 30.8 Å². The highest BCUT2D eigenvalue weighted by molar-refractivity contribution is 7.94. The van der Waals surface area contributed by atoms with Gasteiger partial charge in [0.25, 0.3) is 10.8 Å². The molecule has 1 fully saturated rings. The molecule has 174 valence electrons. The second-order valence-electron chi connectivity index (χ2n) is 9.02. The number of rotatable bonds is 3. The maximum atomic E-state index is 14.2. The molecule has 0 radical (unpaired) electrons. The molecule has 8 heteroatoms. The minimum atomic E-state index is -4.24. The zero-order valence-corrected chi connectivity index (χ0v) is 19.8. The van der Waals surface area contributed by atoms with Gasteiger partial charge in [-0.1, -0.05) is 29.8 Å². The van der Waals surface area contributed by atoms with Crippen LogP contribution in [0.25, 0.3) is 0 Å². The summed E-state index contributed by atoms with van der Waals surface area (Å²) in [6, 6.07) is 16.2. The van der Waals surface area contributed by atoms with Gasteiger partial charge in [0.15, 0.2) is 9.84 Å². The first-order chi connectivity index (χ1) is 16.0. The van der Waals surface area contributed by atoms with Gasteiger partial charge in [-0.2, -0.15) is 0 Å². The minimum Gasteiger partial charge on any atom is -0.304 e. The summed E-state index contributed by atoms with van der Waals surface area (Å²) in [5.74, 6) is -2.52. The molecule has 0 aliphatic carbocycles. The van der Waals surface area contributed by atoms with Crippen molar-refractivity contribution in [3.63, 3.8) is 0 Å². The zero-order chi connectivity index (χ0) is 24.4. The van der Waals surface area contributed by atoms with Crippen LogP contribution in [0, 0.1) is 26.6 Å². The molecule has 2 aliphatic heterocycles. The molecule has 1 saturated heterocycles. The van der Waals surface area contributed by atoms with Gasteiger partial charge in [-0.05, 0) is 73.9 Å². The van der Waals surface area contributed by atoms with E-state index >= 15 is 0 Å². The summed E-state index contributed by atoms with van der Waals surface area (Å²) < 4.78 is 40.9. The molecular formula is C26H23FN2O4S. The maximum Gasteiger partial charge on any atom is 0.274 e. The summed E-state index contributed by atoms with van der Waals surface area (Å²) in [4.78, 5) is 27.8. The second-order valence-corrected chi connectivity index (χ2v) is 11.1. The summed E-state index contributed by atoms with van der Waals surface area (Å²) in [6.45, 7) is 5.56. The molecule has 0 bridgehead atoms. The van der Waals surface area contributed by atoms with Crippen LogP contribution in [0.1, 0.15) is 27.8 Å². The molecule has 0 N–H and O–H groups in total. The Hall–Kier alpha value is -3.52. The first kappa shape index (κ1) is 22.3. The van der Waals surface area contributed by atoms with Gasteiger partial charge in [0, 0.05) is 11.3 Å². The van der Waals surface area contributed by atoms with Gasteiger partial charge < -0.3 is 4.90 Å². The van der Waals surface area contributed by atoms with Crippen LogP contribution in [-0.4, -0.2) is 26.0 Å². The van der Waals surface area contributed by atoms with Crippen molar-refractivity contribution < 1.29 is 22.4 Å². The van der Waals surface area contributed by atoms with E-state index in [0.29, 0.717) is 16.9 Å². The van der Waals surface area contributed by atoms with E-state index in [9.17, 15) is 22.4 Å². The first-order valence-electron chi connectivity index (χ1n) is 10.9. The highest BCUT2D eigenvalue weighted by Gasteiger charge is 2.69. The summed E-state index contributed by atoms with van der Waals surface area (Å²) in [5, 5.41) is 0. The Morgan fingerprint density at radius 1 is 0.882 bits per heavy atom. The molecule has 0 unspecified atom stereocenters. The predicted octanol–water partition coefficient (Wildman–Crippen LogP) is 3.91. The van der Waals surface area contributed by atoms with E-state index in [-0.39, 0.29) is 12.1 Å². The largest absolute Gasteiger partial charge is 0.304 e. The fourth-order valence-electron chi connectivity index (χ4n) is 5.06. The Kier molecular flexibility index (Phi) is 4.91. The van der Waals surface area contributed by atoms with Crippen LogP contribution in [0.5, 0.6) is 0 Å². The molecule has 0 saturated carbocycles. The molecule has 34 heavy (non-hydrogen) atoms. The predicted molar refractivity (Wildman–Crippen MR) is 128 cm³/mol. The van der Waals surface area contributed by atoms with Crippen molar-refractivity contribution in [2.75, 3.05) is 15.6 Å². The Labute approximate surface area is 197 Å². The van der Waals surface area contributed by atoms with Crippen LogP contribution in [0.15, 0.2) is 60.7 Å². The third-order valence-electron chi connectivity index (χ3n) is 6.39. The van der Waals surface area contributed by atoms with E-state index < -0.39 is 38.1 Å². The fraction of sp³-hybridized carbons (Fsp3) is 0.231. The number of sulfone groups is 1. The Morgan fingerprint density at radius 2 is 1.53 bits per heavy atom. The van der Waals surface area contributed by atoms with Crippen LogP contribution >= 0.6 is 0 Å². The van der Waals surface area contributed by atoms with Crippen molar-refractivity contribution in [2.24, 2.45) is 0 Å². The van der Waals surface area contributed by atoms with Crippen molar-refractivity contribution in [1.82, 2.24) is 0 Å². The van der Waals surface area contributed by atoms with Crippen molar-refractivity contribution >= 4 is 33.0 Å². The van der Waals surface area contributed by atoms with E-state index in [1.165, 1.54) is 17.0 Å². The summed E-state index contributed by atoms with van der Waals surface area (Å²) in [6.07, 6.45) is 0. The number of nitrogens with zero attached hydrogens (tertiary/aromatic N) is 2. The van der Waals surface area contributed by atoms with Gasteiger partial charge >= 0.3 is 0 Å². The lowest BCUT2D eigenvalue weighted by Gasteiger charge is -2.33. The molecule has 3 aromatic carbocycles. The number of hydrogen-bond acceptors (Lipinski definition) is 4. The number of benzene rings is 3. The van der Waals surface area contributed by atoms with Gasteiger partial charge in [-0.15, -0.1) is 0 Å². The lowest BCUT2D eigenvalue weighted by molar-refractivity contribution is -0.123. The Balaban J connectivity index is 1.77. The Bertz CT molecular complexity index is 1450. The average molecular weight is 479 g/mol. The van der Waals surface area contributed by atoms with Crippen LogP contribution < -0.4 is 9.80 Å². The SMILES string of the molecule is Cc1cc(C)cc(N2C(=O)CS(=O)(=O)[C@]23C(=O)N(Cc2ccc(F)cc2)c2ccc(C)cc23)c1. The number of halogens is 1. The normalized spacial score (nSPS) is 20.9. The van der Waals surface area contributed by atoms with Gasteiger partial charge in [0.05, 0.1) is 12.2 Å². The van der Waals surface area contributed by atoms with Crippen LogP contribution in [0.4, 0.5) is 15.8 Å². The molecule has 0 aromatic heterocycles. The Morgan fingerprint density at radius 3 is 2.18 bits per heavy atom. The molecule has 2 amide bonds. The number of amides is 2. The minimum absolute atomic E-state index is 0.0430.